The molecule has 1 N–H and O–H groups in total. The Balaban J connectivity index is 1.26. The molecule has 0 unspecified atom stereocenters. The second-order valence-corrected chi connectivity index (χ2v) is 8.77. The highest BCUT2D eigenvalue weighted by atomic mass is 16.5. The van der Waals surface area contributed by atoms with Gasteiger partial charge in [0.2, 0.25) is 0 Å². The number of ether oxygens (including phenoxy) is 1. The molecule has 0 radical (unpaired) electrons. The van der Waals surface area contributed by atoms with Crippen LogP contribution in [0.2, 0.25) is 0 Å². The summed E-state index contributed by atoms with van der Waals surface area (Å²) in [6.07, 6.45) is 8.93. The van der Waals surface area contributed by atoms with Crippen LogP contribution >= 0.6 is 0 Å². The van der Waals surface area contributed by atoms with E-state index >= 15 is 0 Å². The number of methoxy groups -OCH3 is 1. The number of nitrogens with zero attached hydrogens (tertiary/aromatic N) is 3. The molecule has 6 nitrogen and oxygen atoms in total. The van der Waals surface area contributed by atoms with E-state index in [1.165, 1.54) is 5.57 Å². The molecule has 2 aromatic carbocycles. The molecule has 4 aromatic rings. The van der Waals surface area contributed by atoms with Crippen molar-refractivity contribution < 1.29 is 4.74 Å². The number of pyridine rings is 1. The van der Waals surface area contributed by atoms with Gasteiger partial charge in [-0.2, -0.15) is 0 Å². The van der Waals surface area contributed by atoms with E-state index < -0.39 is 0 Å². The van der Waals surface area contributed by atoms with Gasteiger partial charge in [-0.25, -0.2) is 4.79 Å². The molecule has 174 valence electrons. The van der Waals surface area contributed by atoms with Gasteiger partial charge < -0.3 is 14.6 Å². The van der Waals surface area contributed by atoms with E-state index in [0.717, 1.165) is 66.8 Å². The summed E-state index contributed by atoms with van der Waals surface area (Å²) in [5.74, 6) is 0.849. The molecule has 0 spiro atoms. The van der Waals surface area contributed by atoms with Crippen molar-refractivity contribution in [3.8, 4) is 5.75 Å². The Kier molecular flexibility index (Phi) is 6.58. The van der Waals surface area contributed by atoms with Crippen molar-refractivity contribution in [3.05, 3.63) is 101 Å². The number of imidazole rings is 1. The summed E-state index contributed by atoms with van der Waals surface area (Å²) >= 11 is 0. The van der Waals surface area contributed by atoms with Gasteiger partial charge in [0.25, 0.3) is 0 Å². The first-order valence-corrected chi connectivity index (χ1v) is 11.9. The van der Waals surface area contributed by atoms with Crippen LogP contribution in [0.4, 0.5) is 0 Å². The SMILES string of the molecule is COc1cccc(/C(=C\CCN2CCC(n3c(=O)[nH]c4ccccc43)CC2)c2cccnc2)c1. The molecule has 0 aliphatic carbocycles. The Labute approximate surface area is 199 Å². The minimum atomic E-state index is 0.00184. The van der Waals surface area contributed by atoms with Gasteiger partial charge in [-0.3, -0.25) is 9.55 Å². The predicted octanol–water partition coefficient (Wildman–Crippen LogP) is 4.89. The fourth-order valence-electron chi connectivity index (χ4n) is 4.94. The first-order valence-electron chi connectivity index (χ1n) is 11.9. The van der Waals surface area contributed by atoms with Crippen LogP contribution in [-0.2, 0) is 0 Å². The molecular weight excluding hydrogens is 424 g/mol. The Morgan fingerprint density at radius 2 is 1.91 bits per heavy atom. The number of likely N-dealkylation sites (tertiary alicyclic amines) is 1. The molecular formula is C28H30N4O2. The van der Waals surface area contributed by atoms with E-state index in [9.17, 15) is 4.79 Å². The zero-order valence-electron chi connectivity index (χ0n) is 19.5. The van der Waals surface area contributed by atoms with Crippen molar-refractivity contribution in [2.45, 2.75) is 25.3 Å². The Morgan fingerprint density at radius 3 is 2.71 bits per heavy atom. The molecule has 0 atom stereocenters. The molecule has 3 heterocycles. The Bertz CT molecular complexity index is 1330. The molecule has 1 aliphatic rings. The number of hydrogen-bond donors (Lipinski definition) is 1. The van der Waals surface area contributed by atoms with E-state index in [0.29, 0.717) is 0 Å². The minimum absolute atomic E-state index is 0.00184. The highest BCUT2D eigenvalue weighted by Gasteiger charge is 2.23. The largest absolute Gasteiger partial charge is 0.497 e. The third-order valence-electron chi connectivity index (χ3n) is 6.69. The van der Waals surface area contributed by atoms with Crippen molar-refractivity contribution in [3.63, 3.8) is 0 Å². The van der Waals surface area contributed by atoms with Gasteiger partial charge in [-0.1, -0.05) is 36.4 Å². The molecule has 2 aromatic heterocycles. The quantitative estimate of drug-likeness (QED) is 0.432. The summed E-state index contributed by atoms with van der Waals surface area (Å²) in [5, 5.41) is 0. The van der Waals surface area contributed by atoms with E-state index in [-0.39, 0.29) is 11.7 Å². The lowest BCUT2D eigenvalue weighted by Gasteiger charge is -2.32. The van der Waals surface area contributed by atoms with E-state index in [1.54, 1.807) is 13.3 Å². The van der Waals surface area contributed by atoms with Crippen LogP contribution in [0.5, 0.6) is 5.75 Å². The molecule has 1 saturated heterocycles. The van der Waals surface area contributed by atoms with Gasteiger partial charge >= 0.3 is 5.69 Å². The Hall–Kier alpha value is -3.64. The smallest absolute Gasteiger partial charge is 0.326 e. The summed E-state index contributed by atoms with van der Waals surface area (Å²) in [4.78, 5) is 22.4. The van der Waals surface area contributed by atoms with Gasteiger partial charge in [-0.05, 0) is 60.7 Å². The molecule has 1 aliphatic heterocycles. The monoisotopic (exact) mass is 454 g/mol. The third kappa shape index (κ3) is 4.68. The standard InChI is InChI=1S/C28H30N4O2/c1-34-24-9-4-7-21(19-24)25(22-8-5-15-29-20-22)10-6-16-31-17-13-23(14-18-31)32-27-12-3-2-11-26(27)30-28(32)33/h2-5,7-12,15,19-20,23H,6,13-14,16-18H2,1H3,(H,30,33)/b25-10+. The number of fused-ring (bicyclic) bond motifs is 1. The number of hydrogen-bond acceptors (Lipinski definition) is 4. The number of rotatable bonds is 7. The van der Waals surface area contributed by atoms with Crippen LogP contribution in [0.3, 0.4) is 0 Å². The van der Waals surface area contributed by atoms with Crippen LogP contribution in [0.1, 0.15) is 36.4 Å². The maximum atomic E-state index is 12.6. The van der Waals surface area contributed by atoms with E-state index in [4.69, 9.17) is 4.74 Å². The van der Waals surface area contributed by atoms with Crippen molar-refractivity contribution >= 4 is 16.6 Å². The third-order valence-corrected chi connectivity index (χ3v) is 6.69. The summed E-state index contributed by atoms with van der Waals surface area (Å²) in [5.41, 5.74) is 5.33. The van der Waals surface area contributed by atoms with Gasteiger partial charge in [0.1, 0.15) is 5.75 Å². The van der Waals surface area contributed by atoms with Crippen LogP contribution < -0.4 is 10.4 Å². The number of para-hydroxylation sites is 2. The second-order valence-electron chi connectivity index (χ2n) is 8.77. The average Bonchev–Trinajstić information content (AvgIpc) is 3.23. The maximum absolute atomic E-state index is 12.6. The fraction of sp³-hybridized carbons (Fsp3) is 0.286. The topological polar surface area (TPSA) is 63.1 Å². The molecule has 1 fully saturated rings. The van der Waals surface area contributed by atoms with Crippen LogP contribution in [-0.4, -0.2) is 46.2 Å². The number of aromatic amines is 1. The van der Waals surface area contributed by atoms with Gasteiger partial charge in [-0.15, -0.1) is 0 Å². The number of aromatic nitrogens is 3. The van der Waals surface area contributed by atoms with Crippen molar-refractivity contribution in [2.75, 3.05) is 26.7 Å². The highest BCUT2D eigenvalue weighted by Crippen LogP contribution is 2.28. The van der Waals surface area contributed by atoms with Gasteiger partial charge in [0.05, 0.1) is 18.1 Å². The molecule has 34 heavy (non-hydrogen) atoms. The zero-order valence-corrected chi connectivity index (χ0v) is 19.5. The normalized spacial score (nSPS) is 15.6. The van der Waals surface area contributed by atoms with E-state index in [1.807, 2.05) is 53.2 Å². The first-order chi connectivity index (χ1) is 16.7. The predicted molar refractivity (Wildman–Crippen MR) is 136 cm³/mol. The van der Waals surface area contributed by atoms with E-state index in [2.05, 4.69) is 39.1 Å². The van der Waals surface area contributed by atoms with Gasteiger partial charge in [0.15, 0.2) is 0 Å². The second kappa shape index (κ2) is 10.1. The maximum Gasteiger partial charge on any atom is 0.326 e. The lowest BCUT2D eigenvalue weighted by Crippen LogP contribution is -2.37. The summed E-state index contributed by atoms with van der Waals surface area (Å²) in [6.45, 7) is 2.97. The van der Waals surface area contributed by atoms with Crippen LogP contribution in [0.25, 0.3) is 16.6 Å². The summed E-state index contributed by atoms with van der Waals surface area (Å²) < 4.78 is 7.39. The number of benzene rings is 2. The zero-order chi connectivity index (χ0) is 23.3. The number of piperidine rings is 1. The first kappa shape index (κ1) is 22.2. The molecule has 0 bridgehead atoms. The lowest BCUT2D eigenvalue weighted by atomic mass is 9.97. The summed E-state index contributed by atoms with van der Waals surface area (Å²) in [6, 6.07) is 20.5. The minimum Gasteiger partial charge on any atom is -0.497 e. The van der Waals surface area contributed by atoms with Crippen molar-refractivity contribution in [2.24, 2.45) is 0 Å². The summed E-state index contributed by atoms with van der Waals surface area (Å²) in [7, 11) is 1.70. The highest BCUT2D eigenvalue weighted by molar-refractivity contribution is 5.80. The number of H-pyrrole nitrogens is 1. The van der Waals surface area contributed by atoms with Crippen LogP contribution in [0, 0.1) is 0 Å². The average molecular weight is 455 g/mol. The molecule has 0 saturated carbocycles. The fourth-order valence-corrected chi connectivity index (χ4v) is 4.94. The lowest BCUT2D eigenvalue weighted by molar-refractivity contribution is 0.189. The van der Waals surface area contributed by atoms with Crippen LogP contribution in [0.15, 0.2) is 83.9 Å². The van der Waals surface area contributed by atoms with Crippen molar-refractivity contribution in [1.29, 1.82) is 0 Å². The number of nitrogens with one attached hydrogen (secondary N) is 1. The Morgan fingerprint density at radius 1 is 1.09 bits per heavy atom. The molecule has 5 rings (SSSR count). The van der Waals surface area contributed by atoms with Gasteiger partial charge in [0, 0.05) is 43.6 Å². The molecule has 6 heteroatoms. The van der Waals surface area contributed by atoms with Crippen molar-refractivity contribution in [1.82, 2.24) is 19.4 Å². The molecule has 0 amide bonds.